The monoisotopic (exact) mass is 340 g/mol. The Morgan fingerprint density at radius 2 is 2.04 bits per heavy atom. The van der Waals surface area contributed by atoms with Gasteiger partial charge in [-0.1, -0.05) is 6.07 Å². The van der Waals surface area contributed by atoms with Gasteiger partial charge < -0.3 is 15.6 Å². The highest BCUT2D eigenvalue weighted by atomic mass is 16.2. The molecule has 0 radical (unpaired) electrons. The van der Waals surface area contributed by atoms with Crippen LogP contribution < -0.4 is 21.1 Å². The molecule has 0 atom stereocenters. The minimum atomic E-state index is -0.309. The molecule has 0 spiro atoms. The zero-order valence-corrected chi connectivity index (χ0v) is 14.2. The van der Waals surface area contributed by atoms with Gasteiger partial charge >= 0.3 is 6.03 Å². The molecule has 2 heterocycles. The van der Waals surface area contributed by atoms with Gasteiger partial charge in [-0.25, -0.2) is 4.79 Å². The van der Waals surface area contributed by atoms with Crippen LogP contribution in [0.3, 0.4) is 0 Å². The number of carbonyl (C=O) groups is 2. The van der Waals surface area contributed by atoms with Gasteiger partial charge in [-0.15, -0.1) is 0 Å². The molecule has 1 aromatic heterocycles. The predicted octanol–water partition coefficient (Wildman–Crippen LogP) is 2.03. The first-order valence-electron chi connectivity index (χ1n) is 8.19. The molecule has 1 aliphatic rings. The first-order valence-corrected chi connectivity index (χ1v) is 8.19. The molecule has 1 aliphatic heterocycles. The molecule has 0 fully saturated rings. The zero-order valence-electron chi connectivity index (χ0n) is 14.2. The first-order chi connectivity index (χ1) is 12.0. The molecular formula is C18H20N4O3. The SMILES string of the molecule is CCNC(=O)N1CCc2ccc(NC(=O)c3ccc(=O)[nH]c3C)cc21. The molecule has 7 heteroatoms. The van der Waals surface area contributed by atoms with Crippen molar-refractivity contribution >= 4 is 23.3 Å². The van der Waals surface area contributed by atoms with Crippen LogP contribution in [0.4, 0.5) is 16.2 Å². The molecule has 130 valence electrons. The summed E-state index contributed by atoms with van der Waals surface area (Å²) in [7, 11) is 0. The molecule has 3 rings (SSSR count). The largest absolute Gasteiger partial charge is 0.338 e. The standard InChI is InChI=1S/C18H20N4O3/c1-3-19-18(25)22-9-8-12-4-5-13(10-15(12)22)21-17(24)14-6-7-16(23)20-11(14)2/h4-7,10H,3,8-9H2,1-2H3,(H,19,25)(H,20,23)(H,21,24). The van der Waals surface area contributed by atoms with Crippen LogP contribution in [0.5, 0.6) is 0 Å². The fourth-order valence-electron chi connectivity index (χ4n) is 2.94. The Morgan fingerprint density at radius 3 is 2.76 bits per heavy atom. The number of H-pyrrole nitrogens is 1. The van der Waals surface area contributed by atoms with Gasteiger partial charge in [-0.05, 0) is 44.0 Å². The lowest BCUT2D eigenvalue weighted by molar-refractivity contribution is 0.102. The fraction of sp³-hybridized carbons (Fsp3) is 0.278. The number of rotatable bonds is 3. The maximum absolute atomic E-state index is 12.4. The summed E-state index contributed by atoms with van der Waals surface area (Å²) >= 11 is 0. The Kier molecular flexibility index (Phi) is 4.56. The average molecular weight is 340 g/mol. The summed E-state index contributed by atoms with van der Waals surface area (Å²) in [5.74, 6) is -0.309. The summed E-state index contributed by atoms with van der Waals surface area (Å²) in [5, 5.41) is 5.61. The molecule has 3 amide bonds. The summed E-state index contributed by atoms with van der Waals surface area (Å²) in [4.78, 5) is 40.1. The number of aromatic amines is 1. The topological polar surface area (TPSA) is 94.3 Å². The third-order valence-corrected chi connectivity index (χ3v) is 4.17. The molecule has 0 bridgehead atoms. The van der Waals surface area contributed by atoms with Crippen LogP contribution in [0.25, 0.3) is 0 Å². The van der Waals surface area contributed by atoms with Crippen molar-refractivity contribution in [3.05, 3.63) is 57.5 Å². The first kappa shape index (κ1) is 16.8. The van der Waals surface area contributed by atoms with E-state index < -0.39 is 0 Å². The second-order valence-corrected chi connectivity index (χ2v) is 5.90. The van der Waals surface area contributed by atoms with Crippen molar-refractivity contribution in [1.29, 1.82) is 0 Å². The maximum atomic E-state index is 12.4. The smallest absolute Gasteiger partial charge is 0.321 e. The number of amides is 3. The lowest BCUT2D eigenvalue weighted by atomic mass is 10.1. The minimum Gasteiger partial charge on any atom is -0.338 e. The number of aromatic nitrogens is 1. The predicted molar refractivity (Wildman–Crippen MR) is 96.3 cm³/mol. The Bertz CT molecular complexity index is 888. The second-order valence-electron chi connectivity index (χ2n) is 5.90. The average Bonchev–Trinajstić information content (AvgIpc) is 2.98. The third-order valence-electron chi connectivity index (χ3n) is 4.17. The Morgan fingerprint density at radius 1 is 1.24 bits per heavy atom. The quantitative estimate of drug-likeness (QED) is 0.798. The molecule has 0 saturated heterocycles. The fourth-order valence-corrected chi connectivity index (χ4v) is 2.94. The second kappa shape index (κ2) is 6.80. The van der Waals surface area contributed by atoms with E-state index in [9.17, 15) is 14.4 Å². The van der Waals surface area contributed by atoms with Gasteiger partial charge in [0.2, 0.25) is 5.56 Å². The molecule has 2 aromatic rings. The summed E-state index contributed by atoms with van der Waals surface area (Å²) < 4.78 is 0. The number of hydrogen-bond acceptors (Lipinski definition) is 3. The summed E-state index contributed by atoms with van der Waals surface area (Å²) in [6.45, 7) is 4.73. The van der Waals surface area contributed by atoms with Crippen LogP contribution >= 0.6 is 0 Å². The number of pyridine rings is 1. The summed E-state index contributed by atoms with van der Waals surface area (Å²) in [6.07, 6.45) is 0.791. The van der Waals surface area contributed by atoms with Gasteiger partial charge in [-0.2, -0.15) is 0 Å². The number of nitrogens with one attached hydrogen (secondary N) is 3. The van der Waals surface area contributed by atoms with E-state index in [4.69, 9.17) is 0 Å². The van der Waals surface area contributed by atoms with Gasteiger partial charge in [0.1, 0.15) is 0 Å². The molecule has 0 unspecified atom stereocenters. The maximum Gasteiger partial charge on any atom is 0.321 e. The normalized spacial score (nSPS) is 12.6. The van der Waals surface area contributed by atoms with Crippen molar-refractivity contribution in [2.24, 2.45) is 0 Å². The Hall–Kier alpha value is -3.09. The molecule has 0 saturated carbocycles. The van der Waals surface area contributed by atoms with Crippen LogP contribution in [0.1, 0.15) is 28.5 Å². The van der Waals surface area contributed by atoms with Crippen molar-refractivity contribution in [3.63, 3.8) is 0 Å². The van der Waals surface area contributed by atoms with Crippen LogP contribution in [-0.4, -0.2) is 30.0 Å². The number of hydrogen-bond donors (Lipinski definition) is 3. The highest BCUT2D eigenvalue weighted by molar-refractivity contribution is 6.05. The lowest BCUT2D eigenvalue weighted by Crippen LogP contribution is -2.38. The van der Waals surface area contributed by atoms with Gasteiger partial charge in [0.15, 0.2) is 0 Å². The number of nitrogens with zero attached hydrogens (tertiary/aromatic N) is 1. The van der Waals surface area contributed by atoms with Crippen molar-refractivity contribution in [3.8, 4) is 0 Å². The highest BCUT2D eigenvalue weighted by Gasteiger charge is 2.24. The lowest BCUT2D eigenvalue weighted by Gasteiger charge is -2.18. The van der Waals surface area contributed by atoms with Crippen LogP contribution in [0.2, 0.25) is 0 Å². The van der Waals surface area contributed by atoms with E-state index >= 15 is 0 Å². The van der Waals surface area contributed by atoms with E-state index in [0.29, 0.717) is 30.0 Å². The van der Waals surface area contributed by atoms with Crippen molar-refractivity contribution < 1.29 is 9.59 Å². The van der Waals surface area contributed by atoms with Crippen LogP contribution in [0.15, 0.2) is 35.1 Å². The van der Waals surface area contributed by atoms with E-state index in [1.54, 1.807) is 17.9 Å². The molecule has 0 aliphatic carbocycles. The molecule has 7 nitrogen and oxygen atoms in total. The molecule has 25 heavy (non-hydrogen) atoms. The molecule has 1 aromatic carbocycles. The Balaban J connectivity index is 1.83. The van der Waals surface area contributed by atoms with Gasteiger partial charge in [0.05, 0.1) is 11.3 Å². The van der Waals surface area contributed by atoms with E-state index in [1.165, 1.54) is 12.1 Å². The Labute approximate surface area is 145 Å². The van der Waals surface area contributed by atoms with Crippen LogP contribution in [-0.2, 0) is 6.42 Å². The van der Waals surface area contributed by atoms with E-state index in [1.807, 2.05) is 19.1 Å². The number of anilines is 2. The summed E-state index contributed by atoms with van der Waals surface area (Å²) in [5.41, 5.74) is 3.15. The van der Waals surface area contributed by atoms with Crippen molar-refractivity contribution in [1.82, 2.24) is 10.3 Å². The van der Waals surface area contributed by atoms with Crippen LogP contribution in [0, 0.1) is 6.92 Å². The van der Waals surface area contributed by atoms with Crippen molar-refractivity contribution in [2.45, 2.75) is 20.3 Å². The minimum absolute atomic E-state index is 0.138. The van der Waals surface area contributed by atoms with E-state index in [-0.39, 0.29) is 17.5 Å². The van der Waals surface area contributed by atoms with E-state index in [2.05, 4.69) is 15.6 Å². The van der Waals surface area contributed by atoms with Gasteiger partial charge in [0, 0.05) is 30.5 Å². The highest BCUT2D eigenvalue weighted by Crippen LogP contribution is 2.31. The van der Waals surface area contributed by atoms with Gasteiger partial charge in [0.25, 0.3) is 5.91 Å². The zero-order chi connectivity index (χ0) is 18.0. The number of benzene rings is 1. The summed E-state index contributed by atoms with van der Waals surface area (Å²) in [6, 6.07) is 8.22. The molecular weight excluding hydrogens is 320 g/mol. The third kappa shape index (κ3) is 3.40. The van der Waals surface area contributed by atoms with Crippen molar-refractivity contribution in [2.75, 3.05) is 23.3 Å². The number of aryl methyl sites for hydroxylation is 1. The van der Waals surface area contributed by atoms with E-state index in [0.717, 1.165) is 17.7 Å². The van der Waals surface area contributed by atoms with Gasteiger partial charge in [-0.3, -0.25) is 14.5 Å². The number of carbonyl (C=O) groups excluding carboxylic acids is 2. The number of fused-ring (bicyclic) bond motifs is 1. The molecule has 3 N–H and O–H groups in total. The number of urea groups is 1.